The Morgan fingerprint density at radius 3 is 2.25 bits per heavy atom. The van der Waals surface area contributed by atoms with E-state index >= 15 is 0 Å². The number of unbranched alkanes of at least 4 members (excludes halogenated alkanes) is 3. The molecular weight excluding hydrogens is 980 g/mol. The molecule has 2 aliphatic heterocycles. The summed E-state index contributed by atoms with van der Waals surface area (Å²) in [5.74, 6) is 5.91. The molecule has 0 spiro atoms. The fraction of sp³-hybridized carbons (Fsp3) is 0.415. The summed E-state index contributed by atoms with van der Waals surface area (Å²) in [7, 11) is -2.39. The largest absolute Gasteiger partial charge is 0.406 e. The average molecular weight is 1040 g/mol. The number of thiophene rings is 1. The minimum absolute atomic E-state index is 0.0352. The lowest BCUT2D eigenvalue weighted by Gasteiger charge is -2.32. The number of alkyl halides is 3. The van der Waals surface area contributed by atoms with Gasteiger partial charge in [-0.25, -0.2) is 0 Å². The second-order valence-electron chi connectivity index (χ2n) is 18.8. The lowest BCUT2D eigenvalue weighted by Crippen LogP contribution is -2.44. The number of halogens is 4. The van der Waals surface area contributed by atoms with E-state index in [1.807, 2.05) is 44.2 Å². The Labute approximate surface area is 428 Å². The third kappa shape index (κ3) is 14.0. The minimum atomic E-state index is -4.45. The van der Waals surface area contributed by atoms with Gasteiger partial charge in [-0.15, -0.1) is 11.3 Å². The number of aryl methyl sites for hydroxylation is 1. The number of carbonyl (C=O) groups excluding carboxylic acids is 2. The van der Waals surface area contributed by atoms with E-state index < -0.39 is 25.9 Å². The van der Waals surface area contributed by atoms with Gasteiger partial charge < -0.3 is 30.4 Å². The number of carbonyl (C=O) groups is 2. The zero-order valence-electron chi connectivity index (χ0n) is 41.4. The molecule has 0 unspecified atom stereocenters. The van der Waals surface area contributed by atoms with Crippen LogP contribution < -0.4 is 31.5 Å². The molecule has 5 aromatic rings. The topological polar surface area (TPSA) is 171 Å². The van der Waals surface area contributed by atoms with Crippen molar-refractivity contribution in [3.8, 4) is 11.8 Å². The van der Waals surface area contributed by atoms with E-state index in [9.17, 15) is 27.3 Å². The van der Waals surface area contributed by atoms with Crippen LogP contribution in [0.15, 0.2) is 77.8 Å². The quantitative estimate of drug-likeness (QED) is 0.0167. The molecule has 1 atom stereocenters. The molecule has 0 aliphatic carbocycles. The maximum absolute atomic E-state index is 13.8. The molecule has 4 heterocycles. The standard InChI is InChI=1S/C53H63ClF3N10O3PS/c1-34-35(2)72-52-49(34)50(37-15-17-38(54)18-16-37)64-45(51(59)67(52)36(3)58)31-47(68)61-25-8-6-7-9-26-62-48(69)32-65-28-23-40(24-29-65)63-44-13-10-14-46-43(44)30-41(66(46)33-53(55,56)57)12-11-27-60-39-19-21-42(22-20-39)71(4,5)70/h10,13-22,30,40,45,58-60,63H,6-9,23-29,31-33H2,1-5H3,(H,61,68)(H,62,69)/t45-/m0/s1. The molecule has 72 heavy (non-hydrogen) atoms. The molecular formula is C53H63ClF3N10O3PS. The molecule has 0 radical (unpaired) electrons. The number of rotatable bonds is 18. The van der Waals surface area contributed by atoms with Gasteiger partial charge in [0.25, 0.3) is 0 Å². The van der Waals surface area contributed by atoms with Crippen molar-refractivity contribution in [3.05, 3.63) is 105 Å². The number of benzene rings is 3. The first-order chi connectivity index (χ1) is 34.3. The number of fused-ring (bicyclic) bond motifs is 2. The Kier molecular flexibility index (Phi) is 17.8. The number of likely N-dealkylation sites (tertiary alicyclic amines) is 1. The molecule has 2 aromatic heterocycles. The van der Waals surface area contributed by atoms with Crippen molar-refractivity contribution in [1.29, 1.82) is 10.8 Å². The number of amides is 2. The molecule has 2 aliphatic rings. The van der Waals surface area contributed by atoms with Gasteiger partial charge in [0.05, 0.1) is 36.4 Å². The fourth-order valence-corrected chi connectivity index (χ4v) is 11.2. The van der Waals surface area contributed by atoms with Crippen molar-refractivity contribution in [2.45, 2.75) is 90.5 Å². The maximum Gasteiger partial charge on any atom is 0.406 e. The Bertz CT molecular complexity index is 2930. The predicted molar refractivity (Wildman–Crippen MR) is 289 cm³/mol. The minimum Gasteiger partial charge on any atom is -0.382 e. The number of anilines is 3. The van der Waals surface area contributed by atoms with Crippen LogP contribution in [0.5, 0.6) is 0 Å². The summed E-state index contributed by atoms with van der Waals surface area (Å²) in [6.07, 6.45) is 0.331. The van der Waals surface area contributed by atoms with Crippen LogP contribution in [-0.2, 0) is 20.7 Å². The second kappa shape index (κ2) is 23.7. The van der Waals surface area contributed by atoms with Gasteiger partial charge in [0, 0.05) is 75.3 Å². The van der Waals surface area contributed by atoms with Gasteiger partial charge in [-0.2, -0.15) is 13.2 Å². The molecule has 19 heteroatoms. The average Bonchev–Trinajstić information content (AvgIpc) is 3.77. The molecule has 2 amide bonds. The van der Waals surface area contributed by atoms with Crippen LogP contribution in [0.4, 0.5) is 29.5 Å². The molecule has 13 nitrogen and oxygen atoms in total. The zero-order valence-corrected chi connectivity index (χ0v) is 43.8. The number of amidine groups is 2. The van der Waals surface area contributed by atoms with Crippen molar-refractivity contribution >= 4 is 91.9 Å². The molecule has 6 N–H and O–H groups in total. The van der Waals surface area contributed by atoms with E-state index in [2.05, 4.69) is 38.0 Å². The Morgan fingerprint density at radius 2 is 1.61 bits per heavy atom. The summed E-state index contributed by atoms with van der Waals surface area (Å²) in [6, 6.07) is 20.9. The third-order valence-corrected chi connectivity index (χ3v) is 15.9. The monoisotopic (exact) mass is 1040 g/mol. The summed E-state index contributed by atoms with van der Waals surface area (Å²) in [4.78, 5) is 35.9. The van der Waals surface area contributed by atoms with Crippen LogP contribution in [0.25, 0.3) is 10.9 Å². The predicted octanol–water partition coefficient (Wildman–Crippen LogP) is 10.0. The van der Waals surface area contributed by atoms with Crippen LogP contribution in [0.2, 0.25) is 5.02 Å². The summed E-state index contributed by atoms with van der Waals surface area (Å²) >= 11 is 7.72. The third-order valence-electron chi connectivity index (χ3n) is 12.9. The van der Waals surface area contributed by atoms with E-state index in [1.165, 1.54) is 15.9 Å². The number of nitrogens with zero attached hydrogens (tertiary/aromatic N) is 4. The highest BCUT2D eigenvalue weighted by Gasteiger charge is 2.35. The van der Waals surface area contributed by atoms with Crippen molar-refractivity contribution in [1.82, 2.24) is 20.1 Å². The second-order valence-corrected chi connectivity index (χ2v) is 23.7. The highest BCUT2D eigenvalue weighted by atomic mass is 35.5. The summed E-state index contributed by atoms with van der Waals surface area (Å²) in [5.41, 5.74) is 5.58. The number of nitrogens with one attached hydrogen (secondary N) is 6. The summed E-state index contributed by atoms with van der Waals surface area (Å²) in [6.45, 7) is 10.8. The molecule has 0 saturated carbocycles. The van der Waals surface area contributed by atoms with E-state index in [4.69, 9.17) is 27.4 Å². The first-order valence-corrected chi connectivity index (χ1v) is 28.0. The van der Waals surface area contributed by atoms with Gasteiger partial charge in [-0.05, 0) is 126 Å². The van der Waals surface area contributed by atoms with Crippen LogP contribution in [0, 0.1) is 36.5 Å². The van der Waals surface area contributed by atoms with Gasteiger partial charge >= 0.3 is 6.18 Å². The van der Waals surface area contributed by atoms with E-state index in [0.717, 1.165) is 81.8 Å². The zero-order chi connectivity index (χ0) is 51.7. The Morgan fingerprint density at radius 1 is 0.944 bits per heavy atom. The Balaban J connectivity index is 0.821. The molecule has 1 saturated heterocycles. The first kappa shape index (κ1) is 53.9. The van der Waals surface area contributed by atoms with E-state index in [1.54, 1.807) is 67.6 Å². The number of hydrogen-bond donors (Lipinski definition) is 6. The molecule has 0 bridgehead atoms. The van der Waals surface area contributed by atoms with Crippen LogP contribution >= 0.6 is 30.1 Å². The summed E-state index contributed by atoms with van der Waals surface area (Å²) < 4.78 is 55.0. The number of aromatic nitrogens is 1. The highest BCUT2D eigenvalue weighted by molar-refractivity contribution is 7.70. The number of hydrogen-bond acceptors (Lipinski definition) is 10. The smallest absolute Gasteiger partial charge is 0.382 e. The van der Waals surface area contributed by atoms with Crippen molar-refractivity contribution in [3.63, 3.8) is 0 Å². The van der Waals surface area contributed by atoms with Gasteiger partial charge in [0.1, 0.15) is 36.4 Å². The molecule has 1 fully saturated rings. The number of aliphatic imine (C=N–C) groups is 1. The molecule has 7 rings (SSSR count). The lowest BCUT2D eigenvalue weighted by molar-refractivity contribution is -0.140. The van der Waals surface area contributed by atoms with Crippen molar-refractivity contribution in [2.24, 2.45) is 4.99 Å². The van der Waals surface area contributed by atoms with Crippen LogP contribution in [-0.4, -0.2) is 110 Å². The van der Waals surface area contributed by atoms with Crippen LogP contribution in [0.1, 0.15) is 79.1 Å². The van der Waals surface area contributed by atoms with Gasteiger partial charge in [-0.3, -0.25) is 35.2 Å². The van der Waals surface area contributed by atoms with Crippen LogP contribution in [0.3, 0.4) is 0 Å². The molecule has 3 aromatic carbocycles. The highest BCUT2D eigenvalue weighted by Crippen LogP contribution is 2.40. The normalized spacial score (nSPS) is 15.6. The lowest BCUT2D eigenvalue weighted by atomic mass is 9.99. The van der Waals surface area contributed by atoms with Gasteiger partial charge in [-0.1, -0.05) is 48.6 Å². The SMILES string of the molecule is CC(=N)N1C(=N)[C@H](CC(=O)NCCCCCCNC(=O)CN2CCC(Nc3cccc4c3cc(C#CCNc3ccc(P(C)(C)=O)cc3)n4CC(F)(F)F)CC2)N=C(c2ccc(Cl)cc2)c2c1sc(C)c2C. The fourth-order valence-electron chi connectivity index (χ4n) is 8.99. The summed E-state index contributed by atoms with van der Waals surface area (Å²) in [5, 5.41) is 33.2. The maximum atomic E-state index is 13.8. The van der Waals surface area contributed by atoms with Crippen molar-refractivity contribution in [2.75, 3.05) is 68.1 Å². The number of piperidine rings is 1. The van der Waals surface area contributed by atoms with Crippen molar-refractivity contribution < 1.29 is 27.3 Å². The van der Waals surface area contributed by atoms with E-state index in [-0.39, 0.29) is 54.7 Å². The molecule has 382 valence electrons. The van der Waals surface area contributed by atoms with Gasteiger partial charge in [0.2, 0.25) is 11.8 Å². The van der Waals surface area contributed by atoms with E-state index in [0.29, 0.717) is 47.8 Å². The Hall–Kier alpha value is -5.92. The van der Waals surface area contributed by atoms with Gasteiger partial charge in [0.15, 0.2) is 0 Å². The first-order valence-electron chi connectivity index (χ1n) is 24.2.